The van der Waals surface area contributed by atoms with Gasteiger partial charge >= 0.3 is 0 Å². The van der Waals surface area contributed by atoms with Gasteiger partial charge in [0.2, 0.25) is 5.70 Å². The third kappa shape index (κ3) is 1.75. The Hall–Kier alpha value is -0.940. The lowest BCUT2D eigenvalue weighted by Crippen LogP contribution is -2.30. The van der Waals surface area contributed by atoms with Gasteiger partial charge in [0.05, 0.1) is 23.6 Å². The fourth-order valence-electron chi connectivity index (χ4n) is 0.997. The van der Waals surface area contributed by atoms with E-state index in [1.165, 1.54) is 6.08 Å². The number of nitrogens with zero attached hydrogens (tertiary/aromatic N) is 1. The molecule has 1 rings (SSSR count). The van der Waals surface area contributed by atoms with Gasteiger partial charge in [0.15, 0.2) is 0 Å². The van der Waals surface area contributed by atoms with Gasteiger partial charge < -0.3 is 10.2 Å². The Morgan fingerprint density at radius 3 is 2.64 bits per heavy atom. The molecule has 0 bridgehead atoms. The molecule has 1 aliphatic carbocycles. The molecule has 0 aromatic heterocycles. The zero-order chi connectivity index (χ0) is 8.43. The first-order chi connectivity index (χ1) is 5.11. The van der Waals surface area contributed by atoms with Crippen LogP contribution in [0.4, 0.5) is 0 Å². The van der Waals surface area contributed by atoms with E-state index in [9.17, 15) is 10.1 Å². The molecule has 0 aromatic rings. The van der Waals surface area contributed by atoms with Gasteiger partial charge in [-0.05, 0) is 6.08 Å². The van der Waals surface area contributed by atoms with Crippen molar-refractivity contribution in [2.24, 2.45) is 0 Å². The summed E-state index contributed by atoms with van der Waals surface area (Å²) in [6, 6.07) is 0. The predicted octanol–water partition coefficient (Wildman–Crippen LogP) is -0.337. The van der Waals surface area contributed by atoms with Crippen molar-refractivity contribution in [3.63, 3.8) is 0 Å². The third-order valence-corrected chi connectivity index (χ3v) is 1.69. The lowest BCUT2D eigenvalue weighted by atomic mass is 9.99. The lowest BCUT2D eigenvalue weighted by molar-refractivity contribution is -0.431. The van der Waals surface area contributed by atoms with Gasteiger partial charge in [-0.15, -0.1) is 0 Å². The van der Waals surface area contributed by atoms with Crippen LogP contribution in [0.2, 0.25) is 0 Å². The number of aliphatic hydroxyl groups is 2. The maximum atomic E-state index is 10.2. The molecule has 0 amide bonds. The maximum absolute atomic E-state index is 10.2. The van der Waals surface area contributed by atoms with Crippen molar-refractivity contribution in [2.75, 3.05) is 0 Å². The minimum absolute atomic E-state index is 0.0113. The largest absolute Gasteiger partial charge is 0.390 e. The Bertz CT molecular complexity index is 201. The van der Waals surface area contributed by atoms with E-state index in [4.69, 9.17) is 10.2 Å². The van der Waals surface area contributed by atoms with Crippen LogP contribution in [-0.2, 0) is 0 Å². The molecule has 11 heavy (non-hydrogen) atoms. The number of hydrogen-bond acceptors (Lipinski definition) is 4. The number of rotatable bonds is 1. The summed E-state index contributed by atoms with van der Waals surface area (Å²) in [5.74, 6) is 0. The summed E-state index contributed by atoms with van der Waals surface area (Å²) in [6.45, 7) is 0. The van der Waals surface area contributed by atoms with E-state index in [0.717, 1.165) is 0 Å². The molecule has 62 valence electrons. The number of hydrogen-bond donors (Lipinski definition) is 2. The molecule has 0 saturated carbocycles. The first kappa shape index (κ1) is 8.16. The molecule has 0 radical (unpaired) electrons. The van der Waals surface area contributed by atoms with Gasteiger partial charge in [-0.2, -0.15) is 0 Å². The molecule has 0 saturated heterocycles. The Balaban J connectivity index is 2.66. The Kier molecular flexibility index (Phi) is 2.21. The fourth-order valence-corrected chi connectivity index (χ4v) is 0.997. The van der Waals surface area contributed by atoms with Crippen molar-refractivity contribution in [1.29, 1.82) is 0 Å². The van der Waals surface area contributed by atoms with E-state index in [1.54, 1.807) is 0 Å². The van der Waals surface area contributed by atoms with Crippen LogP contribution in [0.1, 0.15) is 12.8 Å². The number of nitro groups is 1. The second-order valence-corrected chi connectivity index (χ2v) is 2.53. The quantitative estimate of drug-likeness (QED) is 0.405. The standard InChI is InChI=1S/C6H9NO4/c8-5-2-1-4(7(10)11)3-6(5)9/h1,5-6,8-9H,2-3H2. The second kappa shape index (κ2) is 2.98. The van der Waals surface area contributed by atoms with Gasteiger partial charge in [0, 0.05) is 6.42 Å². The van der Waals surface area contributed by atoms with Gasteiger partial charge in [0.1, 0.15) is 0 Å². The normalized spacial score (nSPS) is 31.3. The van der Waals surface area contributed by atoms with Crippen LogP contribution in [-0.4, -0.2) is 27.3 Å². The van der Waals surface area contributed by atoms with Crippen molar-refractivity contribution in [1.82, 2.24) is 0 Å². The molecule has 2 N–H and O–H groups in total. The van der Waals surface area contributed by atoms with Gasteiger partial charge in [-0.3, -0.25) is 10.1 Å². The van der Waals surface area contributed by atoms with Crippen LogP contribution in [0.5, 0.6) is 0 Å². The van der Waals surface area contributed by atoms with E-state index in [0.29, 0.717) is 0 Å². The number of aliphatic hydroxyl groups excluding tert-OH is 2. The minimum atomic E-state index is -0.986. The topological polar surface area (TPSA) is 83.6 Å². The summed E-state index contributed by atoms with van der Waals surface area (Å²) < 4.78 is 0. The minimum Gasteiger partial charge on any atom is -0.390 e. The zero-order valence-corrected chi connectivity index (χ0v) is 5.80. The molecule has 2 unspecified atom stereocenters. The van der Waals surface area contributed by atoms with Gasteiger partial charge in [-0.25, -0.2) is 0 Å². The smallest absolute Gasteiger partial charge is 0.245 e. The summed E-state index contributed by atoms with van der Waals surface area (Å²) >= 11 is 0. The highest BCUT2D eigenvalue weighted by atomic mass is 16.6. The molecule has 1 aliphatic rings. The third-order valence-electron chi connectivity index (χ3n) is 1.69. The molecule has 5 nitrogen and oxygen atoms in total. The summed E-state index contributed by atoms with van der Waals surface area (Å²) in [7, 11) is 0. The van der Waals surface area contributed by atoms with Crippen LogP contribution in [0.25, 0.3) is 0 Å². The monoisotopic (exact) mass is 159 g/mol. The van der Waals surface area contributed by atoms with Crippen molar-refractivity contribution < 1.29 is 15.1 Å². The molecule has 0 heterocycles. The molecule has 0 aliphatic heterocycles. The Morgan fingerprint density at radius 2 is 2.18 bits per heavy atom. The molecule has 0 fully saturated rings. The average Bonchev–Trinajstić information content (AvgIpc) is 1.94. The van der Waals surface area contributed by atoms with Gasteiger partial charge in [-0.1, -0.05) is 0 Å². The Labute approximate surface area is 63.1 Å². The highest BCUT2D eigenvalue weighted by Crippen LogP contribution is 2.18. The average molecular weight is 159 g/mol. The van der Waals surface area contributed by atoms with Gasteiger partial charge in [0.25, 0.3) is 0 Å². The first-order valence-electron chi connectivity index (χ1n) is 3.31. The molecular weight excluding hydrogens is 150 g/mol. The zero-order valence-electron chi connectivity index (χ0n) is 5.80. The SMILES string of the molecule is O=[N+]([O-])C1=CCC(O)C(O)C1. The van der Waals surface area contributed by atoms with E-state index in [-0.39, 0.29) is 18.5 Å². The summed E-state index contributed by atoms with van der Waals surface area (Å²) in [4.78, 5) is 9.62. The van der Waals surface area contributed by atoms with Crippen LogP contribution in [0, 0.1) is 10.1 Å². The lowest BCUT2D eigenvalue weighted by Gasteiger charge is -2.18. The second-order valence-electron chi connectivity index (χ2n) is 2.53. The molecule has 2 atom stereocenters. The van der Waals surface area contributed by atoms with E-state index in [1.807, 2.05) is 0 Å². The van der Waals surface area contributed by atoms with Crippen LogP contribution < -0.4 is 0 Å². The highest BCUT2D eigenvalue weighted by Gasteiger charge is 2.27. The van der Waals surface area contributed by atoms with Crippen molar-refractivity contribution >= 4 is 0 Å². The highest BCUT2D eigenvalue weighted by molar-refractivity contribution is 5.01. The Morgan fingerprint density at radius 1 is 1.55 bits per heavy atom. The molecule has 0 aromatic carbocycles. The predicted molar refractivity (Wildman–Crippen MR) is 36.3 cm³/mol. The summed E-state index contributed by atoms with van der Waals surface area (Å²) in [5, 5.41) is 28.1. The fraction of sp³-hybridized carbons (Fsp3) is 0.667. The molecule has 0 spiro atoms. The van der Waals surface area contributed by atoms with Crippen molar-refractivity contribution in [2.45, 2.75) is 25.0 Å². The molecular formula is C6H9NO4. The van der Waals surface area contributed by atoms with Crippen LogP contribution in [0.3, 0.4) is 0 Å². The van der Waals surface area contributed by atoms with E-state index < -0.39 is 17.1 Å². The van der Waals surface area contributed by atoms with E-state index in [2.05, 4.69) is 0 Å². The van der Waals surface area contributed by atoms with Crippen LogP contribution in [0.15, 0.2) is 11.8 Å². The maximum Gasteiger partial charge on any atom is 0.245 e. The summed E-state index contributed by atoms with van der Waals surface area (Å²) in [6.07, 6.45) is -0.387. The van der Waals surface area contributed by atoms with Crippen molar-refractivity contribution in [3.05, 3.63) is 21.9 Å². The van der Waals surface area contributed by atoms with Crippen molar-refractivity contribution in [3.8, 4) is 0 Å². The van der Waals surface area contributed by atoms with Crippen LogP contribution >= 0.6 is 0 Å². The first-order valence-corrected chi connectivity index (χ1v) is 3.31. The summed E-state index contributed by atoms with van der Waals surface area (Å²) in [5.41, 5.74) is -0.0113. The van der Waals surface area contributed by atoms with E-state index >= 15 is 0 Å². The molecule has 5 heteroatoms.